The minimum Gasteiger partial charge on any atom is -0.435 e. The second-order valence-corrected chi connectivity index (χ2v) is 3.90. The molecular weight excluding hydrogens is 256 g/mol. The van der Waals surface area contributed by atoms with Crippen molar-refractivity contribution in [3.05, 3.63) is 29.8 Å². The van der Waals surface area contributed by atoms with Crippen LogP contribution >= 0.6 is 0 Å². The summed E-state index contributed by atoms with van der Waals surface area (Å²) in [6, 6.07) is 6.01. The Bertz CT molecular complexity index is 382. The average molecular weight is 273 g/mol. The molecule has 0 aromatic heterocycles. The van der Waals surface area contributed by atoms with Crippen LogP contribution in [0.2, 0.25) is 0 Å². The lowest BCUT2D eigenvalue weighted by atomic mass is 10.1. The number of benzene rings is 1. The molecule has 0 heterocycles. The predicted octanol–water partition coefficient (Wildman–Crippen LogP) is 1.98. The second-order valence-electron chi connectivity index (χ2n) is 3.90. The summed E-state index contributed by atoms with van der Waals surface area (Å²) in [6.45, 7) is -1.69. The van der Waals surface area contributed by atoms with Gasteiger partial charge in [-0.3, -0.25) is 4.79 Å². The molecule has 1 N–H and O–H groups in total. The van der Waals surface area contributed by atoms with E-state index in [4.69, 9.17) is 4.74 Å². The standard InChI is InChI=1S/C13H17F2NO3/c1-18-8-2-7-16-12(17)9-10-3-5-11(6-4-10)19-13(14)15/h3-6,13H,2,7-9H2,1H3,(H,16,17). The zero-order valence-corrected chi connectivity index (χ0v) is 10.7. The molecule has 0 saturated carbocycles. The molecule has 0 unspecified atom stereocenters. The van der Waals surface area contributed by atoms with Crippen molar-refractivity contribution in [2.45, 2.75) is 19.5 Å². The van der Waals surface area contributed by atoms with Crippen molar-refractivity contribution in [1.82, 2.24) is 5.32 Å². The molecule has 0 aliphatic rings. The number of hydrogen-bond donors (Lipinski definition) is 1. The summed E-state index contributed by atoms with van der Waals surface area (Å²) in [5.74, 6) is -0.0297. The first-order valence-corrected chi connectivity index (χ1v) is 5.91. The van der Waals surface area contributed by atoms with Crippen molar-refractivity contribution in [1.29, 1.82) is 0 Å². The fraction of sp³-hybridized carbons (Fsp3) is 0.462. The normalized spacial score (nSPS) is 10.5. The summed E-state index contributed by atoms with van der Waals surface area (Å²) in [5.41, 5.74) is 0.742. The average Bonchev–Trinajstić information content (AvgIpc) is 2.36. The second kappa shape index (κ2) is 8.42. The SMILES string of the molecule is COCCCNC(=O)Cc1ccc(OC(F)F)cc1. The van der Waals surface area contributed by atoms with Crippen LogP contribution in [-0.2, 0) is 16.0 Å². The van der Waals surface area contributed by atoms with Crippen LogP contribution in [0.15, 0.2) is 24.3 Å². The van der Waals surface area contributed by atoms with Crippen LogP contribution in [0.4, 0.5) is 8.78 Å². The van der Waals surface area contributed by atoms with Gasteiger partial charge in [0.1, 0.15) is 5.75 Å². The van der Waals surface area contributed by atoms with Gasteiger partial charge in [-0.15, -0.1) is 0 Å². The van der Waals surface area contributed by atoms with E-state index in [1.807, 2.05) is 0 Å². The number of carbonyl (C=O) groups is 1. The van der Waals surface area contributed by atoms with E-state index >= 15 is 0 Å². The van der Waals surface area contributed by atoms with Crippen molar-refractivity contribution in [3.8, 4) is 5.75 Å². The van der Waals surface area contributed by atoms with Crippen molar-refractivity contribution in [3.63, 3.8) is 0 Å². The Morgan fingerprint density at radius 1 is 1.32 bits per heavy atom. The third kappa shape index (κ3) is 6.71. The van der Waals surface area contributed by atoms with Crippen LogP contribution in [-0.4, -0.2) is 32.8 Å². The lowest BCUT2D eigenvalue weighted by molar-refractivity contribution is -0.120. The number of amides is 1. The first kappa shape index (κ1) is 15.4. The fourth-order valence-electron chi connectivity index (χ4n) is 1.48. The first-order chi connectivity index (χ1) is 9.11. The largest absolute Gasteiger partial charge is 0.435 e. The summed E-state index contributed by atoms with van der Waals surface area (Å²) < 4.78 is 33.0. The zero-order chi connectivity index (χ0) is 14.1. The molecule has 1 aromatic carbocycles. The molecule has 4 nitrogen and oxygen atoms in total. The topological polar surface area (TPSA) is 47.6 Å². The molecule has 0 atom stereocenters. The van der Waals surface area contributed by atoms with E-state index in [-0.39, 0.29) is 18.1 Å². The maximum absolute atomic E-state index is 11.9. The van der Waals surface area contributed by atoms with Crippen LogP contribution in [0, 0.1) is 0 Å². The van der Waals surface area contributed by atoms with Gasteiger partial charge in [-0.25, -0.2) is 0 Å². The van der Waals surface area contributed by atoms with Gasteiger partial charge in [0, 0.05) is 20.3 Å². The van der Waals surface area contributed by atoms with Gasteiger partial charge < -0.3 is 14.8 Å². The van der Waals surface area contributed by atoms with Crippen molar-refractivity contribution in [2.24, 2.45) is 0 Å². The molecule has 0 spiro atoms. The van der Waals surface area contributed by atoms with E-state index in [0.717, 1.165) is 12.0 Å². The number of methoxy groups -OCH3 is 1. The molecule has 0 fully saturated rings. The Labute approximate surface area is 110 Å². The van der Waals surface area contributed by atoms with Crippen LogP contribution in [0.1, 0.15) is 12.0 Å². The molecule has 0 radical (unpaired) electrons. The molecule has 1 aromatic rings. The van der Waals surface area contributed by atoms with Crippen molar-refractivity contribution < 1.29 is 23.0 Å². The highest BCUT2D eigenvalue weighted by Crippen LogP contribution is 2.15. The Hall–Kier alpha value is -1.69. The summed E-state index contributed by atoms with van der Waals surface area (Å²) in [4.78, 5) is 11.5. The quantitative estimate of drug-likeness (QED) is 0.737. The van der Waals surface area contributed by atoms with Crippen LogP contribution < -0.4 is 10.1 Å². The summed E-state index contributed by atoms with van der Waals surface area (Å²) in [7, 11) is 1.60. The molecule has 6 heteroatoms. The van der Waals surface area contributed by atoms with E-state index in [0.29, 0.717) is 13.2 Å². The molecule has 0 aliphatic heterocycles. The molecule has 0 saturated heterocycles. The highest BCUT2D eigenvalue weighted by molar-refractivity contribution is 5.78. The summed E-state index contributed by atoms with van der Waals surface area (Å²) in [6.07, 6.45) is 0.964. The maximum Gasteiger partial charge on any atom is 0.387 e. The lowest BCUT2D eigenvalue weighted by Crippen LogP contribution is -2.26. The molecular formula is C13H17F2NO3. The number of hydrogen-bond acceptors (Lipinski definition) is 3. The molecule has 0 bridgehead atoms. The third-order valence-electron chi connectivity index (χ3n) is 2.36. The van der Waals surface area contributed by atoms with Gasteiger partial charge in [-0.1, -0.05) is 12.1 Å². The number of carbonyl (C=O) groups excluding carboxylic acids is 1. The third-order valence-corrected chi connectivity index (χ3v) is 2.36. The maximum atomic E-state index is 11.9. The number of ether oxygens (including phenoxy) is 2. The van der Waals surface area contributed by atoms with Gasteiger partial charge in [0.15, 0.2) is 0 Å². The number of halogens is 2. The zero-order valence-electron chi connectivity index (χ0n) is 10.7. The Balaban J connectivity index is 2.34. The smallest absolute Gasteiger partial charge is 0.387 e. The van der Waals surface area contributed by atoms with E-state index in [1.165, 1.54) is 12.1 Å². The van der Waals surface area contributed by atoms with Crippen LogP contribution in [0.5, 0.6) is 5.75 Å². The molecule has 1 rings (SSSR count). The highest BCUT2D eigenvalue weighted by Gasteiger charge is 2.06. The van der Waals surface area contributed by atoms with Gasteiger partial charge in [0.05, 0.1) is 6.42 Å². The molecule has 1 amide bonds. The monoisotopic (exact) mass is 273 g/mol. The van der Waals surface area contributed by atoms with Crippen molar-refractivity contribution >= 4 is 5.91 Å². The number of alkyl halides is 2. The van der Waals surface area contributed by atoms with Gasteiger partial charge in [0.25, 0.3) is 0 Å². The van der Waals surface area contributed by atoms with E-state index in [2.05, 4.69) is 10.1 Å². The van der Waals surface area contributed by atoms with Gasteiger partial charge in [0.2, 0.25) is 5.91 Å². The van der Waals surface area contributed by atoms with Gasteiger partial charge >= 0.3 is 6.61 Å². The molecule has 0 aliphatic carbocycles. The fourth-order valence-corrected chi connectivity index (χ4v) is 1.48. The summed E-state index contributed by atoms with van der Waals surface area (Å²) >= 11 is 0. The van der Waals surface area contributed by atoms with Gasteiger partial charge in [-0.05, 0) is 24.1 Å². The number of nitrogens with one attached hydrogen (secondary N) is 1. The minimum atomic E-state index is -2.84. The summed E-state index contributed by atoms with van der Waals surface area (Å²) in [5, 5.41) is 2.74. The highest BCUT2D eigenvalue weighted by atomic mass is 19.3. The minimum absolute atomic E-state index is 0.0826. The lowest BCUT2D eigenvalue weighted by Gasteiger charge is -2.07. The Kier molecular flexibility index (Phi) is 6.81. The van der Waals surface area contributed by atoms with Gasteiger partial charge in [-0.2, -0.15) is 8.78 Å². The van der Waals surface area contributed by atoms with E-state index in [9.17, 15) is 13.6 Å². The van der Waals surface area contributed by atoms with Crippen LogP contribution in [0.3, 0.4) is 0 Å². The van der Waals surface area contributed by atoms with E-state index in [1.54, 1.807) is 19.2 Å². The Morgan fingerprint density at radius 3 is 2.58 bits per heavy atom. The van der Waals surface area contributed by atoms with E-state index < -0.39 is 6.61 Å². The van der Waals surface area contributed by atoms with Crippen molar-refractivity contribution in [2.75, 3.05) is 20.3 Å². The Morgan fingerprint density at radius 2 is 2.00 bits per heavy atom. The first-order valence-electron chi connectivity index (χ1n) is 5.91. The molecule has 19 heavy (non-hydrogen) atoms. The number of rotatable bonds is 8. The van der Waals surface area contributed by atoms with Crippen LogP contribution in [0.25, 0.3) is 0 Å². The predicted molar refractivity (Wildman–Crippen MR) is 66.3 cm³/mol. The molecule has 106 valence electrons.